The van der Waals surface area contributed by atoms with E-state index in [1.807, 2.05) is 54.6 Å². The molecule has 0 aromatic heterocycles. The number of ether oxygens (including phenoxy) is 3. The largest absolute Gasteiger partial charge is 0.493 e. The second kappa shape index (κ2) is 10.3. The topological polar surface area (TPSA) is 69.2 Å². The van der Waals surface area contributed by atoms with E-state index in [9.17, 15) is 4.79 Å². The highest BCUT2D eigenvalue weighted by molar-refractivity contribution is 6.33. The van der Waals surface area contributed by atoms with Crippen LogP contribution in [0, 0.1) is 0 Å². The molecule has 30 heavy (non-hydrogen) atoms. The quantitative estimate of drug-likeness (QED) is 0.425. The fraction of sp³-hybridized carbons (Fsp3) is 0.130. The molecule has 6 nitrogen and oxygen atoms in total. The van der Waals surface area contributed by atoms with Crippen LogP contribution in [0.15, 0.2) is 71.8 Å². The number of halogens is 1. The number of benzene rings is 3. The predicted octanol–water partition coefficient (Wildman–Crippen LogP) is 4.55. The van der Waals surface area contributed by atoms with Gasteiger partial charge in [-0.2, -0.15) is 5.10 Å². The molecule has 3 aromatic rings. The van der Waals surface area contributed by atoms with Gasteiger partial charge in [-0.3, -0.25) is 4.79 Å². The standard InChI is InChI=1S/C23H21ClN2O4/c1-28-21-12-17(19(24)13-22(21)29-2)14-25-26-23(27)15-30-20-11-7-6-10-18(20)16-8-4-3-5-9-16/h3-14H,15H2,1-2H3,(H,26,27)/b25-14+. The van der Waals surface area contributed by atoms with Crippen molar-refractivity contribution in [3.63, 3.8) is 0 Å². The van der Waals surface area contributed by atoms with Crippen molar-refractivity contribution < 1.29 is 19.0 Å². The van der Waals surface area contributed by atoms with E-state index >= 15 is 0 Å². The van der Waals surface area contributed by atoms with Crippen molar-refractivity contribution in [3.8, 4) is 28.4 Å². The Morgan fingerprint density at radius 2 is 1.63 bits per heavy atom. The van der Waals surface area contributed by atoms with Gasteiger partial charge in [0.05, 0.1) is 25.5 Å². The molecule has 1 amide bonds. The lowest BCUT2D eigenvalue weighted by Gasteiger charge is -2.11. The van der Waals surface area contributed by atoms with Crippen molar-refractivity contribution in [2.45, 2.75) is 0 Å². The molecule has 7 heteroatoms. The number of carbonyl (C=O) groups excluding carboxylic acids is 1. The Balaban J connectivity index is 1.62. The smallest absolute Gasteiger partial charge is 0.277 e. The number of methoxy groups -OCH3 is 2. The van der Waals surface area contributed by atoms with E-state index in [2.05, 4.69) is 10.5 Å². The predicted molar refractivity (Wildman–Crippen MR) is 118 cm³/mol. The minimum Gasteiger partial charge on any atom is -0.493 e. The molecular formula is C23H21ClN2O4. The molecule has 0 aliphatic carbocycles. The van der Waals surface area contributed by atoms with Crippen LogP contribution in [0.1, 0.15) is 5.56 Å². The third kappa shape index (κ3) is 5.30. The van der Waals surface area contributed by atoms with E-state index in [4.69, 9.17) is 25.8 Å². The highest BCUT2D eigenvalue weighted by Gasteiger charge is 2.10. The van der Waals surface area contributed by atoms with Gasteiger partial charge < -0.3 is 14.2 Å². The maximum absolute atomic E-state index is 12.1. The molecule has 0 aliphatic heterocycles. The van der Waals surface area contributed by atoms with Crippen LogP contribution in [0.25, 0.3) is 11.1 Å². The van der Waals surface area contributed by atoms with E-state index in [0.717, 1.165) is 11.1 Å². The monoisotopic (exact) mass is 424 g/mol. The molecule has 1 N–H and O–H groups in total. The molecule has 3 aromatic carbocycles. The first-order valence-electron chi connectivity index (χ1n) is 9.13. The lowest BCUT2D eigenvalue weighted by atomic mass is 10.1. The number of nitrogens with one attached hydrogen (secondary N) is 1. The molecule has 0 spiro atoms. The molecule has 0 radical (unpaired) electrons. The van der Waals surface area contributed by atoms with E-state index in [1.165, 1.54) is 20.4 Å². The lowest BCUT2D eigenvalue weighted by molar-refractivity contribution is -0.123. The number of carbonyl (C=O) groups is 1. The Kier molecular flexibility index (Phi) is 7.29. The second-order valence-corrected chi connectivity index (χ2v) is 6.58. The molecule has 154 valence electrons. The van der Waals surface area contributed by atoms with Crippen molar-refractivity contribution in [2.24, 2.45) is 5.10 Å². The van der Waals surface area contributed by atoms with Crippen LogP contribution >= 0.6 is 11.6 Å². The summed E-state index contributed by atoms with van der Waals surface area (Å²) in [7, 11) is 3.05. The van der Waals surface area contributed by atoms with E-state index < -0.39 is 5.91 Å². The summed E-state index contributed by atoms with van der Waals surface area (Å²) in [4.78, 5) is 12.1. The summed E-state index contributed by atoms with van der Waals surface area (Å²) >= 11 is 6.21. The Hall–Kier alpha value is -3.51. The summed E-state index contributed by atoms with van der Waals surface area (Å²) in [6.07, 6.45) is 1.43. The van der Waals surface area contributed by atoms with Crippen LogP contribution in [0.4, 0.5) is 0 Å². The van der Waals surface area contributed by atoms with Gasteiger partial charge in [-0.05, 0) is 17.7 Å². The van der Waals surface area contributed by atoms with Crippen molar-refractivity contribution in [3.05, 3.63) is 77.3 Å². The van der Waals surface area contributed by atoms with Gasteiger partial charge in [0, 0.05) is 17.2 Å². The zero-order chi connectivity index (χ0) is 21.3. The number of hydrogen-bond donors (Lipinski definition) is 1. The number of amides is 1. The summed E-state index contributed by atoms with van der Waals surface area (Å²) in [6, 6.07) is 20.7. The fourth-order valence-corrected chi connectivity index (χ4v) is 2.97. The molecule has 0 unspecified atom stereocenters. The van der Waals surface area contributed by atoms with Gasteiger partial charge in [0.25, 0.3) is 5.91 Å². The highest BCUT2D eigenvalue weighted by atomic mass is 35.5. The Morgan fingerprint density at radius 3 is 2.37 bits per heavy atom. The Bertz CT molecular complexity index is 1040. The minimum absolute atomic E-state index is 0.180. The summed E-state index contributed by atoms with van der Waals surface area (Å²) in [5.74, 6) is 1.24. The molecule has 0 atom stereocenters. The highest BCUT2D eigenvalue weighted by Crippen LogP contribution is 2.32. The summed E-state index contributed by atoms with van der Waals surface area (Å²) in [5, 5.41) is 4.36. The molecule has 0 heterocycles. The van der Waals surface area contributed by atoms with Gasteiger partial charge >= 0.3 is 0 Å². The molecule has 0 bridgehead atoms. The van der Waals surface area contributed by atoms with Gasteiger partial charge in [0.1, 0.15) is 5.75 Å². The molecule has 0 saturated heterocycles. The summed E-state index contributed by atoms with van der Waals surface area (Å²) in [6.45, 7) is -0.180. The van der Waals surface area contributed by atoms with Crippen LogP contribution in [-0.2, 0) is 4.79 Å². The van der Waals surface area contributed by atoms with E-state index in [0.29, 0.717) is 27.8 Å². The SMILES string of the molecule is COc1cc(Cl)c(/C=N/NC(=O)COc2ccccc2-c2ccccc2)cc1OC. The third-order valence-electron chi connectivity index (χ3n) is 4.23. The van der Waals surface area contributed by atoms with Crippen LogP contribution in [0.2, 0.25) is 5.02 Å². The lowest BCUT2D eigenvalue weighted by Crippen LogP contribution is -2.24. The van der Waals surface area contributed by atoms with Crippen molar-refractivity contribution >= 4 is 23.7 Å². The van der Waals surface area contributed by atoms with Crippen LogP contribution in [0.3, 0.4) is 0 Å². The van der Waals surface area contributed by atoms with Crippen molar-refractivity contribution in [1.82, 2.24) is 5.43 Å². The van der Waals surface area contributed by atoms with Crippen LogP contribution in [0.5, 0.6) is 17.2 Å². The van der Waals surface area contributed by atoms with Gasteiger partial charge in [-0.15, -0.1) is 0 Å². The minimum atomic E-state index is -0.397. The average Bonchev–Trinajstić information content (AvgIpc) is 2.79. The van der Waals surface area contributed by atoms with Gasteiger partial charge in [0.15, 0.2) is 18.1 Å². The van der Waals surface area contributed by atoms with Crippen molar-refractivity contribution in [2.75, 3.05) is 20.8 Å². The first-order chi connectivity index (χ1) is 14.6. The molecule has 0 fully saturated rings. The molecule has 0 saturated carbocycles. The zero-order valence-electron chi connectivity index (χ0n) is 16.6. The van der Waals surface area contributed by atoms with Crippen LogP contribution < -0.4 is 19.6 Å². The number of nitrogens with zero attached hydrogens (tertiary/aromatic N) is 1. The third-order valence-corrected chi connectivity index (χ3v) is 4.55. The van der Waals surface area contributed by atoms with Crippen LogP contribution in [-0.4, -0.2) is 32.9 Å². The van der Waals surface area contributed by atoms with E-state index in [-0.39, 0.29) is 6.61 Å². The maximum Gasteiger partial charge on any atom is 0.277 e. The summed E-state index contributed by atoms with van der Waals surface area (Å²) in [5.41, 5.74) is 4.92. The number of para-hydroxylation sites is 1. The number of hydrazone groups is 1. The van der Waals surface area contributed by atoms with Crippen molar-refractivity contribution in [1.29, 1.82) is 0 Å². The Labute approximate surface area is 180 Å². The van der Waals surface area contributed by atoms with E-state index in [1.54, 1.807) is 12.1 Å². The first kappa shape index (κ1) is 21.2. The average molecular weight is 425 g/mol. The summed E-state index contributed by atoms with van der Waals surface area (Å²) < 4.78 is 16.1. The van der Waals surface area contributed by atoms with Gasteiger partial charge in [-0.1, -0.05) is 60.1 Å². The second-order valence-electron chi connectivity index (χ2n) is 6.17. The first-order valence-corrected chi connectivity index (χ1v) is 9.51. The normalized spacial score (nSPS) is 10.6. The molecule has 3 rings (SSSR count). The maximum atomic E-state index is 12.1. The molecule has 0 aliphatic rings. The molecular weight excluding hydrogens is 404 g/mol. The zero-order valence-corrected chi connectivity index (χ0v) is 17.3. The Morgan fingerprint density at radius 1 is 0.967 bits per heavy atom. The number of hydrogen-bond acceptors (Lipinski definition) is 5. The fourth-order valence-electron chi connectivity index (χ4n) is 2.77. The number of rotatable bonds is 8. The van der Waals surface area contributed by atoms with Gasteiger partial charge in [-0.25, -0.2) is 5.43 Å². The van der Waals surface area contributed by atoms with Gasteiger partial charge in [0.2, 0.25) is 0 Å².